The smallest absolute Gasteiger partial charge is 0.204 e. The predicted molar refractivity (Wildman–Crippen MR) is 169 cm³/mol. The summed E-state index contributed by atoms with van der Waals surface area (Å²) in [5.74, 6) is 0. The van der Waals surface area contributed by atoms with Crippen LogP contribution in [0.2, 0.25) is 0 Å². The molecule has 0 aliphatic carbocycles. The Kier molecular flexibility index (Phi) is 11.6. The fourth-order valence-electron chi connectivity index (χ4n) is 4.11. The third-order valence-corrected chi connectivity index (χ3v) is 13.2. The van der Waals surface area contributed by atoms with E-state index in [-0.39, 0.29) is 34.5 Å². The van der Waals surface area contributed by atoms with Crippen molar-refractivity contribution in [1.29, 1.82) is 0 Å². The van der Waals surface area contributed by atoms with Gasteiger partial charge < -0.3 is 14.2 Å². The maximum absolute atomic E-state index is 13.2. The van der Waals surface area contributed by atoms with Gasteiger partial charge >= 0.3 is 0 Å². The molecule has 3 rings (SSSR count). The summed E-state index contributed by atoms with van der Waals surface area (Å²) < 4.78 is 96.5. The number of rotatable bonds is 15. The van der Waals surface area contributed by atoms with Crippen molar-refractivity contribution in [1.82, 2.24) is 0 Å². The van der Waals surface area contributed by atoms with E-state index in [1.54, 1.807) is 43.3 Å². The standard InChI is InChI=1S/C32H42O9S3/c1-23-8-14-29(15-9-23)42(33,34)26(4)39-20-32(7,21-40-27(5)43(35,36)30-16-10-24(2)11-17-30)22-41-28(6)44(37,38)31-18-12-25(3)13-19-31/h8-19,26-28H,20-22H2,1-7H3. The summed E-state index contributed by atoms with van der Waals surface area (Å²) in [5.41, 5.74) is -2.19. The van der Waals surface area contributed by atoms with Crippen molar-refractivity contribution in [2.75, 3.05) is 19.8 Å². The van der Waals surface area contributed by atoms with Crippen LogP contribution in [0.4, 0.5) is 0 Å². The summed E-state index contributed by atoms with van der Waals surface area (Å²) in [4.78, 5) is 0.293. The number of sulfone groups is 3. The van der Waals surface area contributed by atoms with Gasteiger partial charge in [0.15, 0.2) is 16.3 Å². The number of ether oxygens (including phenoxy) is 3. The van der Waals surface area contributed by atoms with E-state index in [0.29, 0.717) is 0 Å². The lowest BCUT2D eigenvalue weighted by atomic mass is 9.94. The average molecular weight is 667 g/mol. The van der Waals surface area contributed by atoms with Gasteiger partial charge in [0.05, 0.1) is 34.5 Å². The van der Waals surface area contributed by atoms with Gasteiger partial charge in [0.1, 0.15) is 0 Å². The van der Waals surface area contributed by atoms with Gasteiger partial charge in [-0.15, -0.1) is 0 Å². The summed E-state index contributed by atoms with van der Waals surface area (Å²) in [5, 5.41) is 0. The van der Waals surface area contributed by atoms with Gasteiger partial charge in [-0.1, -0.05) is 60.0 Å². The van der Waals surface area contributed by atoms with Crippen LogP contribution in [0.3, 0.4) is 0 Å². The molecule has 9 nitrogen and oxygen atoms in total. The number of hydrogen-bond donors (Lipinski definition) is 0. The molecule has 0 saturated carbocycles. The Morgan fingerprint density at radius 3 is 0.886 bits per heavy atom. The Bertz CT molecular complexity index is 1510. The van der Waals surface area contributed by atoms with E-state index in [2.05, 4.69) is 0 Å². The molecular weight excluding hydrogens is 625 g/mol. The highest BCUT2D eigenvalue weighted by Gasteiger charge is 2.35. The highest BCUT2D eigenvalue weighted by molar-refractivity contribution is 7.92. The lowest BCUT2D eigenvalue weighted by Crippen LogP contribution is -2.40. The molecule has 3 aromatic rings. The summed E-state index contributed by atoms with van der Waals surface area (Å²) in [6, 6.07) is 19.2. The maximum Gasteiger partial charge on any atom is 0.204 e. The van der Waals surface area contributed by atoms with Gasteiger partial charge in [-0.05, 0) is 77.9 Å². The van der Waals surface area contributed by atoms with Gasteiger partial charge in [0.25, 0.3) is 0 Å². The third-order valence-electron chi connectivity index (χ3n) is 7.36. The molecule has 0 radical (unpaired) electrons. The van der Waals surface area contributed by atoms with E-state index in [4.69, 9.17) is 14.2 Å². The molecule has 0 amide bonds. The Morgan fingerprint density at radius 1 is 0.477 bits per heavy atom. The first-order valence-corrected chi connectivity index (χ1v) is 18.8. The number of aryl methyl sites for hydroxylation is 3. The van der Waals surface area contributed by atoms with Crippen molar-refractivity contribution in [3.63, 3.8) is 0 Å². The van der Waals surface area contributed by atoms with Crippen molar-refractivity contribution in [3.8, 4) is 0 Å². The molecule has 3 atom stereocenters. The fraction of sp³-hybridized carbons (Fsp3) is 0.438. The van der Waals surface area contributed by atoms with E-state index in [0.717, 1.165) is 16.7 Å². The van der Waals surface area contributed by atoms with Crippen molar-refractivity contribution >= 4 is 29.5 Å². The molecule has 0 heterocycles. The van der Waals surface area contributed by atoms with E-state index < -0.39 is 51.2 Å². The molecule has 3 unspecified atom stereocenters. The zero-order valence-electron chi connectivity index (χ0n) is 26.2. The molecule has 242 valence electrons. The molecule has 0 aromatic heterocycles. The van der Waals surface area contributed by atoms with Crippen LogP contribution >= 0.6 is 0 Å². The quantitative estimate of drug-likeness (QED) is 0.209. The van der Waals surface area contributed by atoms with E-state index in [9.17, 15) is 25.3 Å². The molecule has 0 saturated heterocycles. The zero-order valence-corrected chi connectivity index (χ0v) is 28.6. The van der Waals surface area contributed by atoms with Crippen molar-refractivity contribution in [2.45, 2.75) is 79.5 Å². The first kappa shape index (κ1) is 35.9. The van der Waals surface area contributed by atoms with Crippen LogP contribution < -0.4 is 0 Å². The summed E-state index contributed by atoms with van der Waals surface area (Å²) in [6.07, 6.45) is 0. The summed E-state index contributed by atoms with van der Waals surface area (Å²) in [7, 11) is -11.6. The molecule has 0 spiro atoms. The molecule has 0 aliphatic rings. The molecule has 0 N–H and O–H groups in total. The number of hydrogen-bond acceptors (Lipinski definition) is 9. The Morgan fingerprint density at radius 2 is 0.682 bits per heavy atom. The minimum Gasteiger partial charge on any atom is -0.361 e. The lowest BCUT2D eigenvalue weighted by Gasteiger charge is -2.32. The van der Waals surface area contributed by atoms with Crippen LogP contribution in [0, 0.1) is 26.2 Å². The van der Waals surface area contributed by atoms with Crippen LogP contribution in [-0.4, -0.2) is 61.4 Å². The molecule has 12 heteroatoms. The predicted octanol–water partition coefficient (Wildman–Crippen LogP) is 5.43. The molecule has 44 heavy (non-hydrogen) atoms. The van der Waals surface area contributed by atoms with E-state index in [1.807, 2.05) is 20.8 Å². The normalized spacial score (nSPS) is 16.2. The fourth-order valence-corrected chi connectivity index (χ4v) is 7.55. The molecule has 0 bridgehead atoms. The van der Waals surface area contributed by atoms with Gasteiger partial charge in [0.2, 0.25) is 29.5 Å². The van der Waals surface area contributed by atoms with Crippen LogP contribution in [0.5, 0.6) is 0 Å². The van der Waals surface area contributed by atoms with Crippen molar-refractivity contribution < 1.29 is 39.5 Å². The monoisotopic (exact) mass is 666 g/mol. The van der Waals surface area contributed by atoms with Crippen LogP contribution in [0.15, 0.2) is 87.5 Å². The Labute approximate surface area is 262 Å². The second-order valence-corrected chi connectivity index (χ2v) is 18.2. The van der Waals surface area contributed by atoms with Gasteiger partial charge in [-0.25, -0.2) is 25.3 Å². The van der Waals surface area contributed by atoms with Crippen molar-refractivity contribution in [2.24, 2.45) is 5.41 Å². The highest BCUT2D eigenvalue weighted by atomic mass is 32.2. The van der Waals surface area contributed by atoms with E-state index in [1.165, 1.54) is 57.2 Å². The average Bonchev–Trinajstić information content (AvgIpc) is 2.98. The molecule has 0 fully saturated rings. The summed E-state index contributed by atoms with van der Waals surface area (Å²) >= 11 is 0. The Hall–Kier alpha value is -2.61. The Balaban J connectivity index is 1.80. The van der Waals surface area contributed by atoms with Crippen LogP contribution in [0.1, 0.15) is 44.4 Å². The SMILES string of the molecule is Cc1ccc(S(=O)(=O)C(C)OCC(C)(COC(C)S(=O)(=O)c2ccc(C)cc2)COC(C)S(=O)(=O)c2ccc(C)cc2)cc1. The maximum atomic E-state index is 13.2. The molecular formula is C32H42O9S3. The molecule has 0 aliphatic heterocycles. The van der Waals surface area contributed by atoms with Gasteiger partial charge in [-0.2, -0.15) is 0 Å². The topological polar surface area (TPSA) is 130 Å². The largest absolute Gasteiger partial charge is 0.361 e. The first-order valence-electron chi connectivity index (χ1n) is 14.1. The van der Waals surface area contributed by atoms with Crippen LogP contribution in [0.25, 0.3) is 0 Å². The van der Waals surface area contributed by atoms with Crippen LogP contribution in [-0.2, 0) is 43.7 Å². The third kappa shape index (κ3) is 8.76. The second-order valence-electron chi connectivity index (χ2n) is 11.5. The minimum absolute atomic E-state index is 0.0976. The highest BCUT2D eigenvalue weighted by Crippen LogP contribution is 2.27. The lowest BCUT2D eigenvalue weighted by molar-refractivity contribution is -0.0706. The molecule has 3 aromatic carbocycles. The van der Waals surface area contributed by atoms with Crippen molar-refractivity contribution in [3.05, 3.63) is 89.5 Å². The number of benzene rings is 3. The summed E-state index contributed by atoms with van der Waals surface area (Å²) in [6.45, 7) is 10.8. The van der Waals surface area contributed by atoms with Gasteiger partial charge in [-0.3, -0.25) is 0 Å². The van der Waals surface area contributed by atoms with E-state index >= 15 is 0 Å². The minimum atomic E-state index is -3.86. The zero-order chi connectivity index (χ0) is 32.9. The van der Waals surface area contributed by atoms with Gasteiger partial charge in [0, 0.05) is 5.41 Å². The second kappa shape index (κ2) is 14.2. The first-order chi connectivity index (χ1) is 20.4.